The molecule has 0 aliphatic carbocycles. The number of carboxylic acids is 1. The molecule has 4 N–H and O–H groups in total. The van der Waals surface area contributed by atoms with Crippen LogP contribution in [0.15, 0.2) is 104 Å². The van der Waals surface area contributed by atoms with E-state index < -0.39 is 17.7 Å². The van der Waals surface area contributed by atoms with Crippen molar-refractivity contribution in [2.24, 2.45) is 0 Å². The van der Waals surface area contributed by atoms with Crippen molar-refractivity contribution in [2.75, 3.05) is 72.8 Å². The van der Waals surface area contributed by atoms with Gasteiger partial charge in [0.2, 0.25) is 0 Å². The molecule has 2 aliphatic heterocycles. The van der Waals surface area contributed by atoms with E-state index in [1.165, 1.54) is 13.8 Å². The Bertz CT molecular complexity index is 2200. The SMILES string of the molecule is C=C(Nc1ccc(OC(C)=O)cc1)c1ccc(N2CCN(C(=O)OC(C)(C)C)CC2)cc1.CC(=O)Oc1ccc(NC(=O)c2ccc(N3CCNCC3)cc2)cc1.O=C(O)C(F)(F)F. The number of esters is 2. The number of halogens is 3. The number of nitrogens with zero attached hydrogens (tertiary/aromatic N) is 3. The van der Waals surface area contributed by atoms with Gasteiger partial charge in [-0.1, -0.05) is 18.7 Å². The first-order valence-corrected chi connectivity index (χ1v) is 20.2. The van der Waals surface area contributed by atoms with E-state index in [1.807, 2.05) is 69.3 Å². The van der Waals surface area contributed by atoms with Gasteiger partial charge in [0.05, 0.1) is 0 Å². The Balaban J connectivity index is 0.000000249. The number of aliphatic carboxylic acids is 1. The van der Waals surface area contributed by atoms with Crippen molar-refractivity contribution in [1.29, 1.82) is 0 Å². The van der Waals surface area contributed by atoms with Gasteiger partial charge in [0, 0.05) is 100 Å². The van der Waals surface area contributed by atoms with Gasteiger partial charge in [0.25, 0.3) is 5.91 Å². The number of amides is 2. The van der Waals surface area contributed by atoms with E-state index in [-0.39, 0.29) is 23.9 Å². The lowest BCUT2D eigenvalue weighted by Gasteiger charge is -2.36. The van der Waals surface area contributed by atoms with Gasteiger partial charge < -0.3 is 50.0 Å². The average molecular weight is 891 g/mol. The molecule has 342 valence electrons. The van der Waals surface area contributed by atoms with Crippen LogP contribution in [0.3, 0.4) is 0 Å². The van der Waals surface area contributed by atoms with Crippen LogP contribution in [0.25, 0.3) is 5.70 Å². The van der Waals surface area contributed by atoms with Crippen LogP contribution in [0.1, 0.15) is 50.5 Å². The van der Waals surface area contributed by atoms with Crippen molar-refractivity contribution in [3.05, 3.63) is 115 Å². The van der Waals surface area contributed by atoms with Gasteiger partial charge in [-0.25, -0.2) is 9.59 Å². The van der Waals surface area contributed by atoms with Crippen molar-refractivity contribution >= 4 is 58.4 Å². The Morgan fingerprint density at radius 2 is 1.03 bits per heavy atom. The minimum atomic E-state index is -5.08. The number of benzene rings is 4. The molecule has 2 heterocycles. The molecule has 4 aromatic rings. The summed E-state index contributed by atoms with van der Waals surface area (Å²) in [5.74, 6) is -2.70. The van der Waals surface area contributed by atoms with Crippen LogP contribution < -0.4 is 35.2 Å². The third-order valence-corrected chi connectivity index (χ3v) is 9.15. The summed E-state index contributed by atoms with van der Waals surface area (Å²) in [4.78, 5) is 61.7. The molecule has 2 aliphatic rings. The maximum absolute atomic E-state index is 12.3. The van der Waals surface area contributed by atoms with Crippen LogP contribution in [0.5, 0.6) is 11.5 Å². The third kappa shape index (κ3) is 16.7. The number of hydrogen-bond donors (Lipinski definition) is 4. The van der Waals surface area contributed by atoms with E-state index in [4.69, 9.17) is 24.1 Å². The molecule has 6 rings (SSSR count). The highest BCUT2D eigenvalue weighted by Crippen LogP contribution is 2.25. The number of anilines is 4. The second kappa shape index (κ2) is 22.8. The number of carbonyl (C=O) groups is 5. The molecule has 2 saturated heterocycles. The maximum Gasteiger partial charge on any atom is 0.490 e. The monoisotopic (exact) mass is 890 g/mol. The van der Waals surface area contributed by atoms with Crippen LogP contribution in [0, 0.1) is 0 Å². The van der Waals surface area contributed by atoms with Gasteiger partial charge in [-0.15, -0.1) is 0 Å². The molecule has 0 atom stereocenters. The second-order valence-electron chi connectivity index (χ2n) is 15.4. The molecule has 4 aromatic carbocycles. The fourth-order valence-corrected chi connectivity index (χ4v) is 6.09. The summed E-state index contributed by atoms with van der Waals surface area (Å²) < 4.78 is 47.2. The Hall–Kier alpha value is -7.08. The molecule has 18 heteroatoms. The number of nitrogens with one attached hydrogen (secondary N) is 3. The molecule has 0 unspecified atom stereocenters. The molecule has 0 saturated carbocycles. The first-order chi connectivity index (χ1) is 30.2. The Kier molecular flexibility index (Phi) is 17.7. The van der Waals surface area contributed by atoms with Crippen molar-refractivity contribution in [1.82, 2.24) is 10.2 Å². The highest BCUT2D eigenvalue weighted by atomic mass is 19.4. The fraction of sp³-hybridized carbons (Fsp3) is 0.326. The topological polar surface area (TPSA) is 179 Å². The van der Waals surface area contributed by atoms with Crippen LogP contribution in [0.4, 0.5) is 40.7 Å². The van der Waals surface area contributed by atoms with Crippen molar-refractivity contribution < 1.29 is 56.5 Å². The van der Waals surface area contributed by atoms with Crippen LogP contribution >= 0.6 is 0 Å². The molecule has 2 fully saturated rings. The van der Waals surface area contributed by atoms with E-state index >= 15 is 0 Å². The minimum Gasteiger partial charge on any atom is -0.475 e. The normalized spacial score (nSPS) is 13.7. The van der Waals surface area contributed by atoms with Crippen molar-refractivity contribution in [2.45, 2.75) is 46.4 Å². The first kappa shape index (κ1) is 49.6. The highest BCUT2D eigenvalue weighted by molar-refractivity contribution is 6.04. The standard InChI is InChI=1S/C25H31N3O4.C19H21N3O3.C2HF3O2/c1-18(26-21-8-12-23(13-9-21)31-19(2)29)20-6-10-22(11-7-20)27-14-16-28(17-15-27)24(30)32-25(3,4)5;1-14(23)25-18-8-4-16(5-9-18)21-19(24)15-2-6-17(7-3-15)22-12-10-20-11-13-22;3-2(4,5)1(6)7/h6-13,26H,1,14-17H2,2-5H3;2-9,20H,10-13H2,1H3,(H,21,24);(H,6,7). The molecule has 0 aromatic heterocycles. The number of alkyl halides is 3. The summed E-state index contributed by atoms with van der Waals surface area (Å²) in [7, 11) is 0. The maximum atomic E-state index is 12.3. The lowest BCUT2D eigenvalue weighted by atomic mass is 10.1. The van der Waals surface area contributed by atoms with Gasteiger partial charge in [-0.05, 0) is 111 Å². The predicted molar refractivity (Wildman–Crippen MR) is 238 cm³/mol. The zero-order chi connectivity index (χ0) is 47.0. The van der Waals surface area contributed by atoms with Gasteiger partial charge in [-0.3, -0.25) is 14.4 Å². The predicted octanol–water partition coefficient (Wildman–Crippen LogP) is 7.66. The molecule has 64 heavy (non-hydrogen) atoms. The Labute approximate surface area is 369 Å². The molecule has 0 bridgehead atoms. The molecule has 0 spiro atoms. The number of hydrogen-bond acceptors (Lipinski definition) is 12. The molecule has 0 radical (unpaired) electrons. The largest absolute Gasteiger partial charge is 0.490 e. The quantitative estimate of drug-likeness (QED) is 0.0952. The Morgan fingerprint density at radius 3 is 1.44 bits per heavy atom. The van der Waals surface area contributed by atoms with Gasteiger partial charge in [0.1, 0.15) is 17.1 Å². The molecule has 15 nitrogen and oxygen atoms in total. The van der Waals surface area contributed by atoms with Gasteiger partial charge in [0.15, 0.2) is 0 Å². The number of ether oxygens (including phenoxy) is 3. The van der Waals surface area contributed by atoms with E-state index in [2.05, 4.69) is 44.5 Å². The fourth-order valence-electron chi connectivity index (χ4n) is 6.09. The minimum absolute atomic E-state index is 0.174. The van der Waals surface area contributed by atoms with Gasteiger partial charge >= 0.3 is 30.2 Å². The van der Waals surface area contributed by atoms with Crippen molar-refractivity contribution in [3.63, 3.8) is 0 Å². The molecular formula is C46H53F3N6O9. The second-order valence-corrected chi connectivity index (χ2v) is 15.4. The summed E-state index contributed by atoms with van der Waals surface area (Å²) in [6, 6.07) is 29.6. The van der Waals surface area contributed by atoms with E-state index in [0.717, 1.165) is 67.6 Å². The number of carbonyl (C=O) groups excluding carboxylic acids is 4. The lowest BCUT2D eigenvalue weighted by Crippen LogP contribution is -2.50. The van der Waals surface area contributed by atoms with Crippen LogP contribution in [0.2, 0.25) is 0 Å². The smallest absolute Gasteiger partial charge is 0.475 e. The summed E-state index contributed by atoms with van der Waals surface area (Å²) in [5.41, 5.74) is 5.60. The molecule has 2 amide bonds. The van der Waals surface area contributed by atoms with E-state index in [1.54, 1.807) is 41.3 Å². The highest BCUT2D eigenvalue weighted by Gasteiger charge is 2.38. The zero-order valence-electron chi connectivity index (χ0n) is 36.3. The number of rotatable bonds is 9. The summed E-state index contributed by atoms with van der Waals surface area (Å²) in [5, 5.41) is 16.5. The molecular weight excluding hydrogens is 838 g/mol. The third-order valence-electron chi connectivity index (χ3n) is 9.15. The van der Waals surface area contributed by atoms with Crippen LogP contribution in [-0.4, -0.2) is 104 Å². The Morgan fingerprint density at radius 1 is 0.625 bits per heavy atom. The summed E-state index contributed by atoms with van der Waals surface area (Å²) >= 11 is 0. The van der Waals surface area contributed by atoms with E-state index in [9.17, 15) is 32.3 Å². The summed E-state index contributed by atoms with van der Waals surface area (Å²) in [6.07, 6.45) is -5.34. The number of carboxylic acid groups (broad SMARTS) is 1. The average Bonchev–Trinajstić information content (AvgIpc) is 3.25. The first-order valence-electron chi connectivity index (χ1n) is 20.2. The zero-order valence-corrected chi connectivity index (χ0v) is 36.3. The van der Waals surface area contributed by atoms with Crippen LogP contribution in [-0.2, 0) is 19.1 Å². The van der Waals surface area contributed by atoms with Gasteiger partial charge in [-0.2, -0.15) is 13.2 Å². The van der Waals surface area contributed by atoms with Crippen molar-refractivity contribution in [3.8, 4) is 11.5 Å². The summed E-state index contributed by atoms with van der Waals surface area (Å²) in [6.45, 7) is 19.2. The van der Waals surface area contributed by atoms with E-state index in [0.29, 0.717) is 35.8 Å². The number of piperazine rings is 2. The lowest BCUT2D eigenvalue weighted by molar-refractivity contribution is -0.192.